The number of halogens is 1. The lowest BCUT2D eigenvalue weighted by Crippen LogP contribution is -2.15. The van der Waals surface area contributed by atoms with Gasteiger partial charge in [-0.2, -0.15) is 5.10 Å². The lowest BCUT2D eigenvalue weighted by molar-refractivity contribution is -0.113. The van der Waals surface area contributed by atoms with Crippen LogP contribution < -0.4 is 5.32 Å². The molecule has 1 aliphatic heterocycles. The Kier molecular flexibility index (Phi) is 4.51. The van der Waals surface area contributed by atoms with Crippen LogP contribution in [0, 0.1) is 13.8 Å². The minimum atomic E-state index is -0.0130. The number of amides is 1. The van der Waals surface area contributed by atoms with E-state index in [2.05, 4.69) is 36.5 Å². The van der Waals surface area contributed by atoms with Crippen molar-refractivity contribution >= 4 is 35.1 Å². The Morgan fingerprint density at radius 3 is 2.50 bits per heavy atom. The second-order valence-corrected chi connectivity index (χ2v) is 7.92. The molecule has 0 saturated carbocycles. The summed E-state index contributed by atoms with van der Waals surface area (Å²) in [5.74, 6) is 1.14. The molecule has 1 atom stereocenters. The van der Waals surface area contributed by atoms with Crippen molar-refractivity contribution in [1.82, 2.24) is 9.78 Å². The third kappa shape index (κ3) is 3.13. The van der Waals surface area contributed by atoms with Gasteiger partial charge in [0.1, 0.15) is 5.82 Å². The van der Waals surface area contributed by atoms with Crippen LogP contribution in [0.3, 0.4) is 0 Å². The monoisotopic (exact) mass is 383 g/mol. The van der Waals surface area contributed by atoms with E-state index in [1.165, 1.54) is 11.1 Å². The summed E-state index contributed by atoms with van der Waals surface area (Å²) in [7, 11) is 0. The molecule has 0 unspecified atom stereocenters. The van der Waals surface area contributed by atoms with Crippen molar-refractivity contribution in [2.45, 2.75) is 19.1 Å². The van der Waals surface area contributed by atoms with Crippen LogP contribution in [0.5, 0.6) is 0 Å². The van der Waals surface area contributed by atoms with Crippen molar-refractivity contribution < 1.29 is 4.79 Å². The number of thioether (sulfide) groups is 1. The van der Waals surface area contributed by atoms with Crippen LogP contribution in [0.1, 0.15) is 27.6 Å². The van der Waals surface area contributed by atoms with Gasteiger partial charge in [-0.25, -0.2) is 4.68 Å². The number of aromatic nitrogens is 2. The molecule has 0 saturated heterocycles. The van der Waals surface area contributed by atoms with E-state index >= 15 is 0 Å². The van der Waals surface area contributed by atoms with Gasteiger partial charge in [0.25, 0.3) is 0 Å². The Bertz CT molecular complexity index is 964. The van der Waals surface area contributed by atoms with Gasteiger partial charge in [-0.05, 0) is 43.7 Å². The number of nitrogens with zero attached hydrogens (tertiary/aromatic N) is 2. The molecule has 1 N–H and O–H groups in total. The Morgan fingerprint density at radius 1 is 1.12 bits per heavy atom. The summed E-state index contributed by atoms with van der Waals surface area (Å²) in [6, 6.07) is 15.9. The number of anilines is 1. The second kappa shape index (κ2) is 6.82. The summed E-state index contributed by atoms with van der Waals surface area (Å²) in [6.45, 7) is 4.06. The van der Waals surface area contributed by atoms with E-state index in [-0.39, 0.29) is 11.2 Å². The van der Waals surface area contributed by atoms with Gasteiger partial charge in [-0.1, -0.05) is 41.4 Å². The number of carbonyl (C=O) groups is 1. The van der Waals surface area contributed by atoms with Crippen molar-refractivity contribution in [2.75, 3.05) is 11.1 Å². The maximum atomic E-state index is 12.3. The van der Waals surface area contributed by atoms with Crippen molar-refractivity contribution in [3.63, 3.8) is 0 Å². The molecule has 1 aliphatic rings. The standard InChI is InChI=1S/C20H18ClN3OS/c1-12-3-5-14(6-4-12)19-18-13(2)23-24(16-9-7-15(21)8-10-16)20(18)22-17(25)11-26-19/h3-10,19H,11H2,1-2H3,(H,22,25)/t19-/m1/s1. The number of hydrogen-bond donors (Lipinski definition) is 1. The molecule has 0 bridgehead atoms. The van der Waals surface area contributed by atoms with Gasteiger partial charge >= 0.3 is 0 Å². The highest BCUT2D eigenvalue weighted by Gasteiger charge is 2.30. The zero-order valence-corrected chi connectivity index (χ0v) is 16.1. The summed E-state index contributed by atoms with van der Waals surface area (Å²) in [6.07, 6.45) is 0. The molecular weight excluding hydrogens is 366 g/mol. The zero-order chi connectivity index (χ0) is 18.3. The Morgan fingerprint density at radius 2 is 1.81 bits per heavy atom. The van der Waals surface area contributed by atoms with Gasteiger partial charge in [-0.15, -0.1) is 11.8 Å². The molecule has 3 aromatic rings. The first-order valence-electron chi connectivity index (χ1n) is 8.36. The van der Waals surface area contributed by atoms with Crippen LogP contribution >= 0.6 is 23.4 Å². The lowest BCUT2D eigenvalue weighted by Gasteiger charge is -2.15. The predicted octanol–water partition coefficient (Wildman–Crippen LogP) is 4.92. The third-order valence-corrected chi connectivity index (χ3v) is 5.98. The van der Waals surface area contributed by atoms with Crippen molar-refractivity contribution in [3.8, 4) is 5.69 Å². The second-order valence-electron chi connectivity index (χ2n) is 6.39. The van der Waals surface area contributed by atoms with E-state index in [0.29, 0.717) is 10.8 Å². The minimum Gasteiger partial charge on any atom is -0.310 e. The third-order valence-electron chi connectivity index (χ3n) is 4.46. The molecule has 6 heteroatoms. The van der Waals surface area contributed by atoms with Gasteiger partial charge in [0, 0.05) is 10.6 Å². The van der Waals surface area contributed by atoms with Crippen LogP contribution in [0.2, 0.25) is 5.02 Å². The minimum absolute atomic E-state index is 0.0130. The van der Waals surface area contributed by atoms with Gasteiger partial charge < -0.3 is 5.32 Å². The number of nitrogens with one attached hydrogen (secondary N) is 1. The van der Waals surface area contributed by atoms with Crippen LogP contribution in [0.15, 0.2) is 48.5 Å². The van der Waals surface area contributed by atoms with Gasteiger partial charge in [0.15, 0.2) is 0 Å². The average Bonchev–Trinajstić information content (AvgIpc) is 2.83. The fourth-order valence-electron chi connectivity index (χ4n) is 3.16. The average molecular weight is 384 g/mol. The molecule has 26 heavy (non-hydrogen) atoms. The molecule has 1 aromatic heterocycles. The Labute approximate surface area is 161 Å². The van der Waals surface area contributed by atoms with Gasteiger partial charge in [0.2, 0.25) is 5.91 Å². The quantitative estimate of drug-likeness (QED) is 0.683. The van der Waals surface area contributed by atoms with Crippen molar-refractivity contribution in [2.24, 2.45) is 0 Å². The SMILES string of the molecule is Cc1ccc([C@H]2SCC(=O)Nc3c2c(C)nn3-c2ccc(Cl)cc2)cc1. The summed E-state index contributed by atoms with van der Waals surface area (Å²) < 4.78 is 1.80. The maximum absolute atomic E-state index is 12.3. The first kappa shape index (κ1) is 17.2. The van der Waals surface area contributed by atoms with Crippen LogP contribution in [0.25, 0.3) is 5.69 Å². The normalized spacial score (nSPS) is 16.7. The first-order chi connectivity index (χ1) is 12.5. The van der Waals surface area contributed by atoms with E-state index < -0.39 is 0 Å². The molecule has 0 spiro atoms. The molecule has 0 radical (unpaired) electrons. The van der Waals surface area contributed by atoms with Crippen LogP contribution in [-0.2, 0) is 4.79 Å². The van der Waals surface area contributed by atoms with E-state index in [9.17, 15) is 4.79 Å². The highest BCUT2D eigenvalue weighted by molar-refractivity contribution is 8.00. The molecule has 132 valence electrons. The van der Waals surface area contributed by atoms with Crippen LogP contribution in [-0.4, -0.2) is 21.4 Å². The molecule has 2 heterocycles. The first-order valence-corrected chi connectivity index (χ1v) is 9.79. The van der Waals surface area contributed by atoms with E-state index in [0.717, 1.165) is 22.8 Å². The van der Waals surface area contributed by atoms with Gasteiger partial charge in [-0.3, -0.25) is 4.79 Å². The summed E-state index contributed by atoms with van der Waals surface area (Å²) in [4.78, 5) is 12.3. The number of fused-ring (bicyclic) bond motifs is 1. The topological polar surface area (TPSA) is 46.9 Å². The number of rotatable bonds is 2. The number of benzene rings is 2. The Balaban J connectivity index is 1.87. The maximum Gasteiger partial charge on any atom is 0.235 e. The molecule has 0 fully saturated rings. The summed E-state index contributed by atoms with van der Waals surface area (Å²) in [5, 5.41) is 8.48. The molecule has 4 rings (SSSR count). The predicted molar refractivity (Wildman–Crippen MR) is 107 cm³/mol. The fraction of sp³-hybridized carbons (Fsp3) is 0.200. The molecule has 0 aliphatic carbocycles. The molecular formula is C20H18ClN3OS. The largest absolute Gasteiger partial charge is 0.310 e. The van der Waals surface area contributed by atoms with Crippen LogP contribution in [0.4, 0.5) is 5.82 Å². The lowest BCUT2D eigenvalue weighted by atomic mass is 10.0. The van der Waals surface area contributed by atoms with E-state index in [4.69, 9.17) is 16.7 Å². The number of carbonyl (C=O) groups excluding carboxylic acids is 1. The van der Waals surface area contributed by atoms with Crippen molar-refractivity contribution in [3.05, 3.63) is 75.9 Å². The van der Waals surface area contributed by atoms with Gasteiger partial charge in [0.05, 0.1) is 22.4 Å². The highest BCUT2D eigenvalue weighted by Crippen LogP contribution is 2.43. The number of hydrogen-bond acceptors (Lipinski definition) is 3. The number of aryl methyl sites for hydroxylation is 2. The molecule has 1 amide bonds. The molecule has 4 nitrogen and oxygen atoms in total. The summed E-state index contributed by atoms with van der Waals surface area (Å²) in [5.41, 5.74) is 5.23. The zero-order valence-electron chi connectivity index (χ0n) is 14.5. The van der Waals surface area contributed by atoms with E-state index in [1.54, 1.807) is 16.4 Å². The highest BCUT2D eigenvalue weighted by atomic mass is 35.5. The Hall–Kier alpha value is -2.24. The van der Waals surface area contributed by atoms with E-state index in [1.807, 2.05) is 31.2 Å². The molecule has 2 aromatic carbocycles. The summed E-state index contributed by atoms with van der Waals surface area (Å²) >= 11 is 7.64. The van der Waals surface area contributed by atoms with Crippen molar-refractivity contribution in [1.29, 1.82) is 0 Å². The fourth-order valence-corrected chi connectivity index (χ4v) is 4.47. The smallest absolute Gasteiger partial charge is 0.235 e.